The molecule has 0 unspecified atom stereocenters. The molecule has 144 valence electrons. The van der Waals surface area contributed by atoms with Crippen LogP contribution in [0.2, 0.25) is 0 Å². The minimum Gasteiger partial charge on any atom is -0.383 e. The highest BCUT2D eigenvalue weighted by atomic mass is 32.2. The molecule has 0 saturated carbocycles. The molecule has 27 heavy (non-hydrogen) atoms. The Bertz CT molecular complexity index is 950. The number of amides is 1. The van der Waals surface area contributed by atoms with E-state index < -0.39 is 10.0 Å². The van der Waals surface area contributed by atoms with Crippen molar-refractivity contribution in [1.82, 2.24) is 0 Å². The molecular weight excluding hydrogens is 364 g/mol. The molecule has 2 aromatic carbocycles. The maximum atomic E-state index is 12.7. The Balaban J connectivity index is 1.88. The fraction of sp³-hybridized carbons (Fsp3) is 0.350. The van der Waals surface area contributed by atoms with Gasteiger partial charge in [0.1, 0.15) is 0 Å². The molecule has 0 aliphatic carbocycles. The van der Waals surface area contributed by atoms with Crippen molar-refractivity contribution in [2.45, 2.75) is 31.6 Å². The quantitative estimate of drug-likeness (QED) is 0.825. The van der Waals surface area contributed by atoms with Crippen LogP contribution < -0.4 is 9.62 Å². The summed E-state index contributed by atoms with van der Waals surface area (Å²) in [7, 11) is -2.08. The maximum Gasteiger partial charge on any atom is 0.261 e. The minimum atomic E-state index is -3.67. The van der Waals surface area contributed by atoms with Gasteiger partial charge in [-0.15, -0.1) is 0 Å². The molecule has 1 aliphatic rings. The van der Waals surface area contributed by atoms with Crippen LogP contribution in [0.15, 0.2) is 41.3 Å². The number of hydrogen-bond acceptors (Lipinski definition) is 4. The van der Waals surface area contributed by atoms with Gasteiger partial charge in [0, 0.05) is 31.5 Å². The molecule has 1 heterocycles. The summed E-state index contributed by atoms with van der Waals surface area (Å²) in [6.07, 6.45) is 1.00. The number of sulfonamides is 1. The number of methoxy groups -OCH3 is 1. The zero-order chi connectivity index (χ0) is 19.6. The Morgan fingerprint density at radius 2 is 1.78 bits per heavy atom. The van der Waals surface area contributed by atoms with Crippen LogP contribution in [-0.4, -0.2) is 34.6 Å². The number of carbonyl (C=O) groups excluding carboxylic acids is 1. The molecule has 3 rings (SSSR count). The molecular formula is C20H24N2O4S. The molecule has 0 radical (unpaired) electrons. The second kappa shape index (κ2) is 7.70. The van der Waals surface area contributed by atoms with Crippen LogP contribution in [0.3, 0.4) is 0 Å². The average molecular weight is 388 g/mol. The van der Waals surface area contributed by atoms with Crippen molar-refractivity contribution in [3.05, 3.63) is 53.1 Å². The number of nitrogens with one attached hydrogen (secondary N) is 1. The number of fused-ring (bicyclic) bond motifs is 1. The molecule has 0 atom stereocenters. The van der Waals surface area contributed by atoms with Gasteiger partial charge in [0.05, 0.1) is 11.5 Å². The van der Waals surface area contributed by atoms with Crippen LogP contribution in [0, 0.1) is 13.8 Å². The third-order valence-electron chi connectivity index (χ3n) is 4.56. The topological polar surface area (TPSA) is 75.7 Å². The fourth-order valence-electron chi connectivity index (χ4n) is 3.35. The summed E-state index contributed by atoms with van der Waals surface area (Å²) in [6, 6.07) is 10.5. The van der Waals surface area contributed by atoms with E-state index in [1.807, 2.05) is 26.0 Å². The highest BCUT2D eigenvalue weighted by molar-refractivity contribution is 7.92. The number of aryl methyl sites for hydroxylation is 3. The Morgan fingerprint density at radius 1 is 1.07 bits per heavy atom. The number of ether oxygens (including phenoxy) is 1. The molecule has 0 saturated heterocycles. The predicted molar refractivity (Wildman–Crippen MR) is 106 cm³/mol. The molecule has 0 bridgehead atoms. The van der Waals surface area contributed by atoms with Gasteiger partial charge in [0.25, 0.3) is 10.0 Å². The summed E-state index contributed by atoms with van der Waals surface area (Å²) in [4.78, 5) is 14.1. The first-order valence-corrected chi connectivity index (χ1v) is 10.3. The van der Waals surface area contributed by atoms with Crippen LogP contribution in [0.1, 0.15) is 23.1 Å². The average Bonchev–Trinajstić information content (AvgIpc) is 2.60. The summed E-state index contributed by atoms with van der Waals surface area (Å²) in [5.41, 5.74) is 4.05. The lowest BCUT2D eigenvalue weighted by Gasteiger charge is -2.29. The highest BCUT2D eigenvalue weighted by Gasteiger charge is 2.24. The monoisotopic (exact) mass is 388 g/mol. The summed E-state index contributed by atoms with van der Waals surface area (Å²) in [5, 5.41) is 0. The molecule has 1 N–H and O–H groups in total. The third-order valence-corrected chi connectivity index (χ3v) is 5.92. The number of hydrogen-bond donors (Lipinski definition) is 1. The summed E-state index contributed by atoms with van der Waals surface area (Å²) < 4.78 is 33.2. The van der Waals surface area contributed by atoms with E-state index in [9.17, 15) is 13.2 Å². The standard InChI is InChI=1S/C20H24N2O4S/c1-14-10-15(2)12-18(11-14)27(24,25)21-17-5-6-19-16(13-17)4-7-20(23)22(19)8-9-26-3/h5-6,10-13,21H,4,7-9H2,1-3H3. The van der Waals surface area contributed by atoms with Gasteiger partial charge in [0.15, 0.2) is 0 Å². The van der Waals surface area contributed by atoms with Gasteiger partial charge in [0.2, 0.25) is 5.91 Å². The first-order chi connectivity index (χ1) is 12.8. The number of carbonyl (C=O) groups is 1. The van der Waals surface area contributed by atoms with E-state index in [2.05, 4.69) is 4.72 Å². The number of nitrogens with zero attached hydrogens (tertiary/aromatic N) is 1. The zero-order valence-electron chi connectivity index (χ0n) is 15.8. The van der Waals surface area contributed by atoms with E-state index >= 15 is 0 Å². The zero-order valence-corrected chi connectivity index (χ0v) is 16.6. The van der Waals surface area contributed by atoms with Gasteiger partial charge in [-0.2, -0.15) is 0 Å². The largest absolute Gasteiger partial charge is 0.383 e. The van der Waals surface area contributed by atoms with Crippen molar-refractivity contribution in [3.63, 3.8) is 0 Å². The highest BCUT2D eigenvalue weighted by Crippen LogP contribution is 2.31. The van der Waals surface area contributed by atoms with E-state index in [-0.39, 0.29) is 10.8 Å². The second-order valence-electron chi connectivity index (χ2n) is 6.81. The van der Waals surface area contributed by atoms with E-state index in [0.717, 1.165) is 22.4 Å². The van der Waals surface area contributed by atoms with Crippen LogP contribution in [0.4, 0.5) is 11.4 Å². The molecule has 2 aromatic rings. The fourth-order valence-corrected chi connectivity index (χ4v) is 4.59. The van der Waals surface area contributed by atoms with Crippen molar-refractivity contribution in [2.24, 2.45) is 0 Å². The SMILES string of the molecule is COCCN1C(=O)CCc2cc(NS(=O)(=O)c3cc(C)cc(C)c3)ccc21. The molecule has 1 aliphatic heterocycles. The van der Waals surface area contributed by atoms with Crippen LogP contribution in [0.25, 0.3) is 0 Å². The van der Waals surface area contributed by atoms with Crippen molar-refractivity contribution in [2.75, 3.05) is 29.9 Å². The van der Waals surface area contributed by atoms with Crippen LogP contribution >= 0.6 is 0 Å². The first-order valence-electron chi connectivity index (χ1n) is 8.83. The molecule has 0 spiro atoms. The van der Waals surface area contributed by atoms with Gasteiger partial charge in [-0.05, 0) is 67.3 Å². The normalized spacial score (nSPS) is 14.2. The van der Waals surface area contributed by atoms with E-state index in [1.54, 1.807) is 36.3 Å². The Labute approximate surface area is 160 Å². The van der Waals surface area contributed by atoms with Gasteiger partial charge >= 0.3 is 0 Å². The first kappa shape index (κ1) is 19.4. The van der Waals surface area contributed by atoms with Crippen LogP contribution in [-0.2, 0) is 26.0 Å². The summed E-state index contributed by atoms with van der Waals surface area (Å²) in [6.45, 7) is 4.68. The maximum absolute atomic E-state index is 12.7. The lowest BCUT2D eigenvalue weighted by molar-refractivity contribution is -0.119. The van der Waals surface area contributed by atoms with Crippen molar-refractivity contribution >= 4 is 27.3 Å². The smallest absolute Gasteiger partial charge is 0.261 e. The van der Waals surface area contributed by atoms with Crippen molar-refractivity contribution in [1.29, 1.82) is 0 Å². The Hall–Kier alpha value is -2.38. The lowest BCUT2D eigenvalue weighted by Crippen LogP contribution is -2.37. The summed E-state index contributed by atoms with van der Waals surface area (Å²) in [5.74, 6) is 0.0584. The van der Waals surface area contributed by atoms with Gasteiger partial charge < -0.3 is 9.64 Å². The number of benzene rings is 2. The Morgan fingerprint density at radius 3 is 2.44 bits per heavy atom. The van der Waals surface area contributed by atoms with Crippen molar-refractivity contribution in [3.8, 4) is 0 Å². The van der Waals surface area contributed by atoms with Gasteiger partial charge in [-0.25, -0.2) is 8.42 Å². The summed E-state index contributed by atoms with van der Waals surface area (Å²) >= 11 is 0. The van der Waals surface area contributed by atoms with Gasteiger partial charge in [-0.1, -0.05) is 6.07 Å². The number of anilines is 2. The third kappa shape index (κ3) is 4.31. The van der Waals surface area contributed by atoms with Crippen LogP contribution in [0.5, 0.6) is 0 Å². The predicted octanol–water partition coefficient (Wildman–Crippen LogP) is 3.03. The van der Waals surface area contributed by atoms with E-state index in [4.69, 9.17) is 4.74 Å². The molecule has 7 heteroatoms. The molecule has 0 aromatic heterocycles. The molecule has 0 fully saturated rings. The minimum absolute atomic E-state index is 0.0584. The lowest BCUT2D eigenvalue weighted by atomic mass is 10.0. The van der Waals surface area contributed by atoms with E-state index in [0.29, 0.717) is 31.7 Å². The number of rotatable bonds is 6. The molecule has 1 amide bonds. The van der Waals surface area contributed by atoms with Gasteiger partial charge in [-0.3, -0.25) is 9.52 Å². The van der Waals surface area contributed by atoms with E-state index in [1.165, 1.54) is 0 Å². The van der Waals surface area contributed by atoms with Crippen molar-refractivity contribution < 1.29 is 17.9 Å². The Kier molecular flexibility index (Phi) is 5.53. The molecule has 6 nitrogen and oxygen atoms in total. The second-order valence-corrected chi connectivity index (χ2v) is 8.49.